The van der Waals surface area contributed by atoms with Crippen molar-refractivity contribution in [2.24, 2.45) is 0 Å². The Balaban J connectivity index is 1.64. The van der Waals surface area contributed by atoms with Gasteiger partial charge in [0.2, 0.25) is 0 Å². The van der Waals surface area contributed by atoms with E-state index >= 15 is 0 Å². The third-order valence-corrected chi connectivity index (χ3v) is 3.93. The molecule has 4 nitrogen and oxygen atoms in total. The summed E-state index contributed by atoms with van der Waals surface area (Å²) in [6.45, 7) is 1.17. The maximum Gasteiger partial charge on any atom is 0.251 e. The normalized spacial score (nSPS) is 10.6. The topological polar surface area (TPSA) is 46.9 Å². The van der Waals surface area contributed by atoms with Crippen LogP contribution in [0.5, 0.6) is 0 Å². The fourth-order valence-electron chi connectivity index (χ4n) is 2.40. The van der Waals surface area contributed by atoms with E-state index in [0.29, 0.717) is 22.2 Å². The first-order chi connectivity index (χ1) is 11.6. The second-order valence-corrected chi connectivity index (χ2v) is 6.27. The van der Waals surface area contributed by atoms with Gasteiger partial charge in [0.25, 0.3) is 5.91 Å². The van der Waals surface area contributed by atoms with Crippen molar-refractivity contribution in [2.45, 2.75) is 13.1 Å². The summed E-state index contributed by atoms with van der Waals surface area (Å²) in [6.07, 6.45) is 5.44. The lowest BCUT2D eigenvalue weighted by Gasteiger charge is -2.08. The van der Waals surface area contributed by atoms with Crippen LogP contribution in [0.15, 0.2) is 61.2 Å². The van der Waals surface area contributed by atoms with E-state index in [1.165, 1.54) is 0 Å². The van der Waals surface area contributed by atoms with E-state index in [0.717, 1.165) is 17.7 Å². The summed E-state index contributed by atoms with van der Waals surface area (Å²) in [5.74, 6) is -0.209. The summed E-state index contributed by atoms with van der Waals surface area (Å²) < 4.78 is 1.99. The Morgan fingerprint density at radius 1 is 1.08 bits per heavy atom. The molecule has 0 spiro atoms. The fourth-order valence-corrected chi connectivity index (χ4v) is 2.92. The van der Waals surface area contributed by atoms with Crippen LogP contribution in [-0.2, 0) is 13.1 Å². The van der Waals surface area contributed by atoms with E-state index in [4.69, 9.17) is 23.2 Å². The van der Waals surface area contributed by atoms with Crippen molar-refractivity contribution in [3.8, 4) is 0 Å². The zero-order valence-corrected chi connectivity index (χ0v) is 14.3. The Bertz CT molecular complexity index is 827. The number of carbonyl (C=O) groups excluding carboxylic acids is 1. The molecule has 1 N–H and O–H groups in total. The molecule has 6 heteroatoms. The molecule has 0 aliphatic rings. The van der Waals surface area contributed by atoms with Gasteiger partial charge in [-0.05, 0) is 29.3 Å². The van der Waals surface area contributed by atoms with Crippen LogP contribution in [0.2, 0.25) is 10.0 Å². The number of nitrogens with one attached hydrogen (secondary N) is 1. The summed E-state index contributed by atoms with van der Waals surface area (Å²) in [5.41, 5.74) is 2.61. The van der Waals surface area contributed by atoms with Gasteiger partial charge in [0.15, 0.2) is 0 Å². The summed E-state index contributed by atoms with van der Waals surface area (Å²) in [6, 6.07) is 12.8. The van der Waals surface area contributed by atoms with Crippen molar-refractivity contribution >= 4 is 29.1 Å². The molecule has 0 aliphatic carbocycles. The van der Waals surface area contributed by atoms with Crippen molar-refractivity contribution in [1.82, 2.24) is 14.9 Å². The molecule has 0 bridgehead atoms. The van der Waals surface area contributed by atoms with Gasteiger partial charge in [-0.3, -0.25) is 4.79 Å². The van der Waals surface area contributed by atoms with Crippen LogP contribution in [0.3, 0.4) is 0 Å². The third kappa shape index (κ3) is 4.37. The highest BCUT2D eigenvalue weighted by atomic mass is 35.5. The van der Waals surface area contributed by atoms with Gasteiger partial charge in [0.05, 0.1) is 6.33 Å². The van der Waals surface area contributed by atoms with Gasteiger partial charge in [0, 0.05) is 41.1 Å². The number of benzene rings is 2. The number of halogens is 2. The Labute approximate surface area is 150 Å². The first-order valence-corrected chi connectivity index (χ1v) is 8.13. The number of hydrogen-bond donors (Lipinski definition) is 1. The van der Waals surface area contributed by atoms with Gasteiger partial charge in [-0.15, -0.1) is 0 Å². The first-order valence-electron chi connectivity index (χ1n) is 7.38. The van der Waals surface area contributed by atoms with Crippen molar-refractivity contribution in [3.05, 3.63) is 87.9 Å². The Morgan fingerprint density at radius 3 is 2.54 bits per heavy atom. The molecule has 0 saturated carbocycles. The summed E-state index contributed by atoms with van der Waals surface area (Å²) in [7, 11) is 0. The molecule has 24 heavy (non-hydrogen) atoms. The number of imidazole rings is 1. The highest BCUT2D eigenvalue weighted by molar-refractivity contribution is 6.35. The Morgan fingerprint density at radius 2 is 1.83 bits per heavy atom. The largest absolute Gasteiger partial charge is 0.348 e. The van der Waals surface area contributed by atoms with E-state index in [-0.39, 0.29) is 5.91 Å². The standard InChI is InChI=1S/C18H15Cl2N3O/c19-16-7-15(8-17(20)9-16)18(24)22-10-13-2-1-3-14(6-13)11-23-5-4-21-12-23/h1-9,12H,10-11H2,(H,22,24). The predicted octanol–water partition coefficient (Wildman–Crippen LogP) is 4.17. The minimum Gasteiger partial charge on any atom is -0.348 e. The number of nitrogens with zero attached hydrogens (tertiary/aromatic N) is 2. The van der Waals surface area contributed by atoms with E-state index in [1.54, 1.807) is 30.7 Å². The zero-order chi connectivity index (χ0) is 16.9. The molecule has 0 radical (unpaired) electrons. The van der Waals surface area contributed by atoms with Gasteiger partial charge < -0.3 is 9.88 Å². The van der Waals surface area contributed by atoms with Gasteiger partial charge in [-0.1, -0.05) is 47.5 Å². The second-order valence-electron chi connectivity index (χ2n) is 5.40. The van der Waals surface area contributed by atoms with Gasteiger partial charge in [0.1, 0.15) is 0 Å². The van der Waals surface area contributed by atoms with Crippen LogP contribution in [0.4, 0.5) is 0 Å². The maximum absolute atomic E-state index is 12.2. The molecule has 3 rings (SSSR count). The molecule has 1 aromatic heterocycles. The predicted molar refractivity (Wildman–Crippen MR) is 95.4 cm³/mol. The molecule has 0 unspecified atom stereocenters. The number of aromatic nitrogens is 2. The quantitative estimate of drug-likeness (QED) is 0.742. The van der Waals surface area contributed by atoms with E-state index in [9.17, 15) is 4.79 Å². The Hall–Kier alpha value is -2.30. The van der Waals surface area contributed by atoms with Crippen LogP contribution in [0.1, 0.15) is 21.5 Å². The molecule has 2 aromatic carbocycles. The monoisotopic (exact) mass is 359 g/mol. The average Bonchev–Trinajstić information content (AvgIpc) is 3.05. The van der Waals surface area contributed by atoms with E-state index in [2.05, 4.69) is 16.4 Å². The van der Waals surface area contributed by atoms with Crippen LogP contribution >= 0.6 is 23.2 Å². The average molecular weight is 360 g/mol. The molecule has 0 fully saturated rings. The lowest BCUT2D eigenvalue weighted by Crippen LogP contribution is -2.22. The minimum atomic E-state index is -0.209. The number of hydrogen-bond acceptors (Lipinski definition) is 2. The minimum absolute atomic E-state index is 0.209. The van der Waals surface area contributed by atoms with Crippen LogP contribution in [-0.4, -0.2) is 15.5 Å². The maximum atomic E-state index is 12.2. The van der Waals surface area contributed by atoms with Crippen molar-refractivity contribution < 1.29 is 4.79 Å². The number of carbonyl (C=O) groups is 1. The van der Waals surface area contributed by atoms with Crippen molar-refractivity contribution in [1.29, 1.82) is 0 Å². The van der Waals surface area contributed by atoms with Crippen LogP contribution in [0, 0.1) is 0 Å². The van der Waals surface area contributed by atoms with E-state index < -0.39 is 0 Å². The Kier molecular flexibility index (Phi) is 5.18. The number of amides is 1. The summed E-state index contributed by atoms with van der Waals surface area (Å²) in [5, 5.41) is 3.76. The summed E-state index contributed by atoms with van der Waals surface area (Å²) >= 11 is 11.9. The number of rotatable bonds is 5. The lowest BCUT2D eigenvalue weighted by molar-refractivity contribution is 0.0951. The smallest absolute Gasteiger partial charge is 0.251 e. The van der Waals surface area contributed by atoms with E-state index in [1.807, 2.05) is 29.0 Å². The molecule has 1 heterocycles. The van der Waals surface area contributed by atoms with Crippen LogP contribution in [0.25, 0.3) is 0 Å². The highest BCUT2D eigenvalue weighted by Gasteiger charge is 2.08. The first kappa shape index (κ1) is 16.6. The molecule has 0 atom stereocenters. The fraction of sp³-hybridized carbons (Fsp3) is 0.111. The van der Waals surface area contributed by atoms with Crippen molar-refractivity contribution in [2.75, 3.05) is 0 Å². The molecule has 1 amide bonds. The van der Waals surface area contributed by atoms with Gasteiger partial charge in [-0.25, -0.2) is 4.98 Å². The van der Waals surface area contributed by atoms with Gasteiger partial charge >= 0.3 is 0 Å². The third-order valence-electron chi connectivity index (χ3n) is 3.49. The zero-order valence-electron chi connectivity index (χ0n) is 12.7. The molecule has 0 saturated heterocycles. The molecular weight excluding hydrogens is 345 g/mol. The highest BCUT2D eigenvalue weighted by Crippen LogP contribution is 2.19. The summed E-state index contributed by atoms with van der Waals surface area (Å²) in [4.78, 5) is 16.3. The molecular formula is C18H15Cl2N3O. The van der Waals surface area contributed by atoms with Gasteiger partial charge in [-0.2, -0.15) is 0 Å². The van der Waals surface area contributed by atoms with Crippen LogP contribution < -0.4 is 5.32 Å². The SMILES string of the molecule is O=C(NCc1cccc(Cn2ccnc2)c1)c1cc(Cl)cc(Cl)c1. The second kappa shape index (κ2) is 7.51. The molecule has 3 aromatic rings. The molecule has 122 valence electrons. The lowest BCUT2D eigenvalue weighted by atomic mass is 10.1. The molecule has 0 aliphatic heterocycles. The van der Waals surface area contributed by atoms with Crippen molar-refractivity contribution in [3.63, 3.8) is 0 Å².